The highest BCUT2D eigenvalue weighted by atomic mass is 19.1. The Bertz CT molecular complexity index is 543. The van der Waals surface area contributed by atoms with E-state index < -0.39 is 11.6 Å². The molecule has 0 aliphatic carbocycles. The lowest BCUT2D eigenvalue weighted by Gasteiger charge is -2.02. The molecule has 0 bridgehead atoms. The molecule has 1 heterocycles. The monoisotopic (exact) mass is 234 g/mol. The first kappa shape index (κ1) is 11.3. The maximum Gasteiger partial charge on any atom is 0.187 e. The average molecular weight is 234 g/mol. The van der Waals surface area contributed by atoms with Gasteiger partial charge in [-0.2, -0.15) is 0 Å². The lowest BCUT2D eigenvalue weighted by Crippen LogP contribution is -2.07. The normalized spacial score (nSPS) is 10.2. The Morgan fingerprint density at radius 3 is 2.71 bits per heavy atom. The van der Waals surface area contributed by atoms with Gasteiger partial charge in [-0.3, -0.25) is 9.78 Å². The minimum absolute atomic E-state index is 0.141. The van der Waals surface area contributed by atoms with Crippen molar-refractivity contribution >= 4 is 5.78 Å². The van der Waals surface area contributed by atoms with Gasteiger partial charge in [0.1, 0.15) is 17.3 Å². The number of halogens is 2. The van der Waals surface area contributed by atoms with Crippen LogP contribution in [0, 0.1) is 11.6 Å². The Kier molecular flexibility index (Phi) is 3.18. The highest BCUT2D eigenvalue weighted by molar-refractivity contribution is 5.95. The number of carbonyl (C=O) groups excluding carboxylic acids is 1. The molecule has 2 aromatic rings. The van der Waals surface area contributed by atoms with Gasteiger partial charge < -0.3 is 0 Å². The molecule has 1 aromatic carbocycles. The van der Waals surface area contributed by atoms with Gasteiger partial charge in [-0.25, -0.2) is 13.8 Å². The SMILES string of the molecule is O=C(Cc1ccc(F)cc1F)c1cnccn1. The Morgan fingerprint density at radius 1 is 1.24 bits per heavy atom. The molecule has 1 aromatic heterocycles. The zero-order chi connectivity index (χ0) is 12.3. The van der Waals surface area contributed by atoms with Gasteiger partial charge >= 0.3 is 0 Å². The summed E-state index contributed by atoms with van der Waals surface area (Å²) in [5.74, 6) is -1.76. The van der Waals surface area contributed by atoms with Crippen LogP contribution in [0.1, 0.15) is 16.1 Å². The Balaban J connectivity index is 2.19. The second-order valence-corrected chi connectivity index (χ2v) is 3.43. The fourth-order valence-electron chi connectivity index (χ4n) is 1.37. The van der Waals surface area contributed by atoms with Crippen LogP contribution in [0.15, 0.2) is 36.8 Å². The summed E-state index contributed by atoms with van der Waals surface area (Å²) < 4.78 is 26.0. The molecule has 0 spiro atoms. The molecular formula is C12H8F2N2O. The first-order valence-electron chi connectivity index (χ1n) is 4.90. The number of nitrogens with zero attached hydrogens (tertiary/aromatic N) is 2. The summed E-state index contributed by atoms with van der Waals surface area (Å²) >= 11 is 0. The summed E-state index contributed by atoms with van der Waals surface area (Å²) in [6.07, 6.45) is 3.97. The van der Waals surface area contributed by atoms with E-state index in [2.05, 4.69) is 9.97 Å². The van der Waals surface area contributed by atoms with Crippen molar-refractivity contribution < 1.29 is 13.6 Å². The minimum atomic E-state index is -0.734. The summed E-state index contributed by atoms with van der Waals surface area (Å²) in [4.78, 5) is 19.2. The van der Waals surface area contributed by atoms with Crippen LogP contribution in [0.5, 0.6) is 0 Å². The molecule has 17 heavy (non-hydrogen) atoms. The van der Waals surface area contributed by atoms with Gasteiger partial charge in [0.15, 0.2) is 5.78 Å². The van der Waals surface area contributed by atoms with E-state index >= 15 is 0 Å². The molecule has 0 aliphatic heterocycles. The van der Waals surface area contributed by atoms with Gasteiger partial charge in [0, 0.05) is 24.9 Å². The van der Waals surface area contributed by atoms with Gasteiger partial charge in [-0.15, -0.1) is 0 Å². The van der Waals surface area contributed by atoms with E-state index in [1.807, 2.05) is 0 Å². The van der Waals surface area contributed by atoms with Crippen LogP contribution in [0.25, 0.3) is 0 Å². The lowest BCUT2D eigenvalue weighted by atomic mass is 10.1. The van der Waals surface area contributed by atoms with Crippen molar-refractivity contribution in [3.63, 3.8) is 0 Å². The molecule has 2 rings (SSSR count). The number of hydrogen-bond donors (Lipinski definition) is 0. The molecule has 0 atom stereocenters. The van der Waals surface area contributed by atoms with E-state index in [1.54, 1.807) is 0 Å². The lowest BCUT2D eigenvalue weighted by molar-refractivity contribution is 0.0986. The molecule has 0 amide bonds. The molecule has 0 aliphatic rings. The summed E-state index contributed by atoms with van der Waals surface area (Å²) in [5.41, 5.74) is 0.304. The zero-order valence-corrected chi connectivity index (χ0v) is 8.73. The number of ketones is 1. The van der Waals surface area contributed by atoms with Crippen molar-refractivity contribution in [2.45, 2.75) is 6.42 Å². The van der Waals surface area contributed by atoms with E-state index in [1.165, 1.54) is 24.7 Å². The number of benzene rings is 1. The molecular weight excluding hydrogens is 226 g/mol. The third-order valence-corrected chi connectivity index (χ3v) is 2.21. The van der Waals surface area contributed by atoms with E-state index in [-0.39, 0.29) is 23.5 Å². The second-order valence-electron chi connectivity index (χ2n) is 3.43. The van der Waals surface area contributed by atoms with Crippen LogP contribution in [-0.4, -0.2) is 15.8 Å². The van der Waals surface area contributed by atoms with Gasteiger partial charge in [-0.1, -0.05) is 6.07 Å². The van der Waals surface area contributed by atoms with Gasteiger partial charge in [-0.05, 0) is 11.6 Å². The van der Waals surface area contributed by atoms with Crippen molar-refractivity contribution in [1.29, 1.82) is 0 Å². The molecule has 0 saturated carbocycles. The predicted molar refractivity (Wildman–Crippen MR) is 56.4 cm³/mol. The second kappa shape index (κ2) is 4.78. The number of hydrogen-bond acceptors (Lipinski definition) is 3. The molecule has 0 fully saturated rings. The largest absolute Gasteiger partial charge is 0.292 e. The number of Topliss-reactive ketones (excluding diaryl/α,β-unsaturated/α-hetero) is 1. The van der Waals surface area contributed by atoms with Crippen molar-refractivity contribution in [3.8, 4) is 0 Å². The Morgan fingerprint density at radius 2 is 2.06 bits per heavy atom. The highest BCUT2D eigenvalue weighted by Gasteiger charge is 2.12. The van der Waals surface area contributed by atoms with E-state index in [4.69, 9.17) is 0 Å². The van der Waals surface area contributed by atoms with Crippen molar-refractivity contribution in [3.05, 3.63) is 59.7 Å². The fourth-order valence-corrected chi connectivity index (χ4v) is 1.37. The molecule has 0 saturated heterocycles. The van der Waals surface area contributed by atoms with E-state index in [0.29, 0.717) is 0 Å². The maximum atomic E-state index is 13.3. The Hall–Kier alpha value is -2.17. The van der Waals surface area contributed by atoms with Gasteiger partial charge in [0.25, 0.3) is 0 Å². The molecule has 3 nitrogen and oxygen atoms in total. The quantitative estimate of drug-likeness (QED) is 0.764. The third-order valence-electron chi connectivity index (χ3n) is 2.21. The van der Waals surface area contributed by atoms with Crippen molar-refractivity contribution in [1.82, 2.24) is 9.97 Å². The van der Waals surface area contributed by atoms with E-state index in [0.717, 1.165) is 12.1 Å². The average Bonchev–Trinajstić information content (AvgIpc) is 2.34. The van der Waals surface area contributed by atoms with E-state index in [9.17, 15) is 13.6 Å². The smallest absolute Gasteiger partial charge is 0.187 e. The van der Waals surface area contributed by atoms with Crippen molar-refractivity contribution in [2.75, 3.05) is 0 Å². The number of carbonyl (C=O) groups is 1. The van der Waals surface area contributed by atoms with Crippen LogP contribution in [-0.2, 0) is 6.42 Å². The van der Waals surface area contributed by atoms with Crippen LogP contribution in [0.2, 0.25) is 0 Å². The topological polar surface area (TPSA) is 42.9 Å². The highest BCUT2D eigenvalue weighted by Crippen LogP contribution is 2.11. The molecule has 0 N–H and O–H groups in total. The third kappa shape index (κ3) is 2.69. The van der Waals surface area contributed by atoms with Gasteiger partial charge in [0.05, 0.1) is 6.20 Å². The molecule has 86 valence electrons. The number of aromatic nitrogens is 2. The maximum absolute atomic E-state index is 13.3. The van der Waals surface area contributed by atoms with Crippen LogP contribution in [0.3, 0.4) is 0 Å². The Labute approximate surface area is 96.2 Å². The first-order valence-corrected chi connectivity index (χ1v) is 4.90. The van der Waals surface area contributed by atoms with Crippen LogP contribution in [0.4, 0.5) is 8.78 Å². The van der Waals surface area contributed by atoms with Crippen LogP contribution >= 0.6 is 0 Å². The zero-order valence-electron chi connectivity index (χ0n) is 8.73. The van der Waals surface area contributed by atoms with Crippen molar-refractivity contribution in [2.24, 2.45) is 0 Å². The molecule has 0 unspecified atom stereocenters. The molecule has 5 heteroatoms. The van der Waals surface area contributed by atoms with Crippen LogP contribution < -0.4 is 0 Å². The fraction of sp³-hybridized carbons (Fsp3) is 0.0833. The predicted octanol–water partition coefficient (Wildman–Crippen LogP) is 2.18. The minimum Gasteiger partial charge on any atom is -0.292 e. The summed E-state index contributed by atoms with van der Waals surface area (Å²) in [5, 5.41) is 0. The summed E-state index contributed by atoms with van der Waals surface area (Å²) in [6.45, 7) is 0. The standard InChI is InChI=1S/C12H8F2N2O/c13-9-2-1-8(10(14)6-9)5-12(17)11-7-15-3-4-16-11/h1-4,6-7H,5H2. The molecule has 0 radical (unpaired) electrons. The summed E-state index contributed by atoms with van der Waals surface area (Å²) in [7, 11) is 0. The summed E-state index contributed by atoms with van der Waals surface area (Å²) in [6, 6.07) is 3.11. The van der Waals surface area contributed by atoms with Gasteiger partial charge in [0.2, 0.25) is 0 Å². The number of rotatable bonds is 3. The first-order chi connectivity index (χ1) is 8.16.